The van der Waals surface area contributed by atoms with Crippen molar-refractivity contribution in [3.05, 3.63) is 57.6 Å². The van der Waals surface area contributed by atoms with E-state index in [0.29, 0.717) is 13.0 Å². The Morgan fingerprint density at radius 1 is 1.26 bits per heavy atom. The van der Waals surface area contributed by atoms with Crippen LogP contribution in [-0.2, 0) is 16.1 Å². The summed E-state index contributed by atoms with van der Waals surface area (Å²) in [4.78, 5) is 30.3. The van der Waals surface area contributed by atoms with E-state index in [4.69, 9.17) is 10.7 Å². The molecule has 3 rings (SSSR count). The summed E-state index contributed by atoms with van der Waals surface area (Å²) >= 11 is 3.27. The van der Waals surface area contributed by atoms with Gasteiger partial charge in [0.1, 0.15) is 6.29 Å². The molecule has 0 radical (unpaired) electrons. The summed E-state index contributed by atoms with van der Waals surface area (Å²) in [7, 11) is 0. The van der Waals surface area contributed by atoms with E-state index in [1.807, 2.05) is 35.7 Å². The van der Waals surface area contributed by atoms with Gasteiger partial charge < -0.3 is 15.4 Å². The molecule has 2 heterocycles. The molecule has 3 aromatic rings. The smallest absolute Gasteiger partial charge is 0.224 e. The van der Waals surface area contributed by atoms with Crippen molar-refractivity contribution in [3.8, 4) is 11.3 Å². The number of rotatable bonds is 9. The summed E-state index contributed by atoms with van der Waals surface area (Å²) in [6, 6.07) is 11.9. The van der Waals surface area contributed by atoms with Crippen LogP contribution in [0.5, 0.6) is 0 Å². The maximum absolute atomic E-state index is 11.3. The van der Waals surface area contributed by atoms with Gasteiger partial charge in [0.15, 0.2) is 5.13 Å². The van der Waals surface area contributed by atoms with Crippen LogP contribution in [0.25, 0.3) is 11.3 Å². The van der Waals surface area contributed by atoms with Crippen LogP contribution in [0, 0.1) is 0 Å². The lowest BCUT2D eigenvalue weighted by Gasteiger charge is -2.19. The molecule has 7 heteroatoms. The van der Waals surface area contributed by atoms with Crippen molar-refractivity contribution >= 4 is 40.0 Å². The Balaban J connectivity index is 1.78. The first-order valence-electron chi connectivity index (χ1n) is 8.64. The lowest BCUT2D eigenvalue weighted by atomic mass is 9.99. The van der Waals surface area contributed by atoms with Crippen molar-refractivity contribution in [3.63, 3.8) is 0 Å². The lowest BCUT2D eigenvalue weighted by molar-refractivity contribution is -0.119. The summed E-state index contributed by atoms with van der Waals surface area (Å²) in [5.74, 6) is -0.646. The molecule has 0 bridgehead atoms. The minimum Gasteiger partial charge on any atom is -0.369 e. The number of carbonyl (C=O) groups is 2. The monoisotopic (exact) mass is 399 g/mol. The van der Waals surface area contributed by atoms with Crippen LogP contribution in [0.1, 0.15) is 29.7 Å². The zero-order chi connectivity index (χ0) is 19.2. The van der Waals surface area contributed by atoms with E-state index in [0.717, 1.165) is 34.8 Å². The fourth-order valence-corrected chi connectivity index (χ4v) is 4.27. The van der Waals surface area contributed by atoms with E-state index in [1.165, 1.54) is 4.88 Å². The molecule has 140 valence electrons. The molecule has 1 aromatic carbocycles. The van der Waals surface area contributed by atoms with Crippen molar-refractivity contribution in [2.75, 3.05) is 11.4 Å². The van der Waals surface area contributed by atoms with Crippen LogP contribution in [-0.4, -0.2) is 23.7 Å². The largest absolute Gasteiger partial charge is 0.369 e. The zero-order valence-corrected chi connectivity index (χ0v) is 16.6. The van der Waals surface area contributed by atoms with Crippen LogP contribution in [0.15, 0.2) is 47.2 Å². The summed E-state index contributed by atoms with van der Waals surface area (Å²) in [5, 5.41) is 4.97. The van der Waals surface area contributed by atoms with Gasteiger partial charge in [0.2, 0.25) is 5.91 Å². The number of nitrogens with two attached hydrogens (primary N) is 1. The Morgan fingerprint density at radius 3 is 2.67 bits per heavy atom. The van der Waals surface area contributed by atoms with Crippen LogP contribution >= 0.6 is 22.7 Å². The van der Waals surface area contributed by atoms with Gasteiger partial charge >= 0.3 is 0 Å². The second kappa shape index (κ2) is 8.92. The number of aromatic nitrogens is 1. The number of aldehydes is 1. The van der Waals surface area contributed by atoms with E-state index >= 15 is 0 Å². The summed E-state index contributed by atoms with van der Waals surface area (Å²) in [5.41, 5.74) is 8.14. The maximum Gasteiger partial charge on any atom is 0.224 e. The topological polar surface area (TPSA) is 76.3 Å². The quantitative estimate of drug-likeness (QED) is 0.551. The van der Waals surface area contributed by atoms with E-state index in [-0.39, 0.29) is 11.8 Å². The molecule has 0 spiro atoms. The highest BCUT2D eigenvalue weighted by atomic mass is 32.1. The van der Waals surface area contributed by atoms with Gasteiger partial charge in [-0.2, -0.15) is 0 Å². The summed E-state index contributed by atoms with van der Waals surface area (Å²) in [6.45, 7) is 3.19. The first-order chi connectivity index (χ1) is 13.1. The molecule has 1 atom stereocenters. The third kappa shape index (κ3) is 4.81. The molecule has 1 unspecified atom stereocenters. The second-order valence-corrected chi connectivity index (χ2v) is 8.09. The highest BCUT2D eigenvalue weighted by Gasteiger charge is 2.15. The standard InChI is InChI=1S/C20H21N3O2S2/c1-14(19(21)25)15-5-7-16(8-6-15)18-13-27-20(22-18)23(9-3-10-24)12-17-4-2-11-26-17/h2,4-8,10-11,13-14H,3,9,12H2,1H3,(H2,21,25). The molecule has 0 fully saturated rings. The van der Waals surface area contributed by atoms with Crippen LogP contribution < -0.4 is 10.6 Å². The van der Waals surface area contributed by atoms with Gasteiger partial charge in [-0.25, -0.2) is 4.98 Å². The number of hydrogen-bond acceptors (Lipinski definition) is 6. The molecule has 0 aliphatic heterocycles. The summed E-state index contributed by atoms with van der Waals surface area (Å²) < 4.78 is 0. The van der Waals surface area contributed by atoms with E-state index in [9.17, 15) is 9.59 Å². The Kier molecular flexibility index (Phi) is 6.36. The second-order valence-electron chi connectivity index (χ2n) is 6.22. The number of hydrogen-bond donors (Lipinski definition) is 1. The number of benzene rings is 1. The van der Waals surface area contributed by atoms with Crippen molar-refractivity contribution < 1.29 is 9.59 Å². The molecule has 0 saturated carbocycles. The molecule has 0 aliphatic rings. The highest BCUT2D eigenvalue weighted by molar-refractivity contribution is 7.14. The van der Waals surface area contributed by atoms with Crippen LogP contribution in [0.2, 0.25) is 0 Å². The first kappa shape index (κ1) is 19.3. The molecule has 5 nitrogen and oxygen atoms in total. The molecule has 2 aromatic heterocycles. The number of thiophene rings is 1. The molecule has 0 aliphatic carbocycles. The number of anilines is 1. The Bertz CT molecular complexity index is 888. The van der Waals surface area contributed by atoms with E-state index in [1.54, 1.807) is 29.6 Å². The van der Waals surface area contributed by atoms with Gasteiger partial charge in [-0.3, -0.25) is 4.79 Å². The molecular formula is C20H21N3O2S2. The normalized spacial score (nSPS) is 11.9. The lowest BCUT2D eigenvalue weighted by Crippen LogP contribution is -2.23. The Labute approximate surface area is 166 Å². The third-order valence-corrected chi connectivity index (χ3v) is 6.10. The number of amides is 1. The van der Waals surface area contributed by atoms with Crippen molar-refractivity contribution in [2.45, 2.75) is 25.8 Å². The first-order valence-corrected chi connectivity index (χ1v) is 10.4. The number of thiazole rings is 1. The predicted molar refractivity (Wildman–Crippen MR) is 111 cm³/mol. The number of carbonyl (C=O) groups excluding carboxylic acids is 2. The minimum absolute atomic E-state index is 0.310. The third-order valence-electron chi connectivity index (χ3n) is 4.34. The van der Waals surface area contributed by atoms with Crippen molar-refractivity contribution in [1.82, 2.24) is 4.98 Å². The molecule has 0 saturated heterocycles. The van der Waals surface area contributed by atoms with Crippen LogP contribution in [0.3, 0.4) is 0 Å². The van der Waals surface area contributed by atoms with Gasteiger partial charge in [0, 0.05) is 28.8 Å². The number of primary amides is 1. The molecular weight excluding hydrogens is 378 g/mol. The maximum atomic E-state index is 11.3. The minimum atomic E-state index is -0.335. The van der Waals surface area contributed by atoms with Gasteiger partial charge in [-0.1, -0.05) is 30.3 Å². The predicted octanol–water partition coefficient (Wildman–Crippen LogP) is 4.06. The Morgan fingerprint density at radius 2 is 2.04 bits per heavy atom. The number of nitrogens with zero attached hydrogens (tertiary/aromatic N) is 2. The average Bonchev–Trinajstić information content (AvgIpc) is 3.36. The highest BCUT2D eigenvalue weighted by Crippen LogP contribution is 2.30. The van der Waals surface area contributed by atoms with E-state index in [2.05, 4.69) is 16.3 Å². The van der Waals surface area contributed by atoms with Gasteiger partial charge in [0.05, 0.1) is 18.2 Å². The fourth-order valence-electron chi connectivity index (χ4n) is 2.69. The molecule has 2 N–H and O–H groups in total. The van der Waals surface area contributed by atoms with Gasteiger partial charge in [-0.15, -0.1) is 22.7 Å². The fraction of sp³-hybridized carbons (Fsp3) is 0.250. The zero-order valence-electron chi connectivity index (χ0n) is 15.0. The molecule has 1 amide bonds. The SMILES string of the molecule is CC(C(N)=O)c1ccc(-c2csc(N(CCC=O)Cc3cccs3)n2)cc1. The van der Waals surface area contributed by atoms with Crippen molar-refractivity contribution in [2.24, 2.45) is 5.73 Å². The molecule has 27 heavy (non-hydrogen) atoms. The Hall–Kier alpha value is -2.51. The van der Waals surface area contributed by atoms with Gasteiger partial charge in [-0.05, 0) is 23.9 Å². The van der Waals surface area contributed by atoms with E-state index < -0.39 is 0 Å². The van der Waals surface area contributed by atoms with Gasteiger partial charge in [0.25, 0.3) is 0 Å². The average molecular weight is 400 g/mol. The van der Waals surface area contributed by atoms with Crippen LogP contribution in [0.4, 0.5) is 5.13 Å². The summed E-state index contributed by atoms with van der Waals surface area (Å²) in [6.07, 6.45) is 1.41. The van der Waals surface area contributed by atoms with Crippen molar-refractivity contribution in [1.29, 1.82) is 0 Å².